The van der Waals surface area contributed by atoms with Crippen LogP contribution in [0.25, 0.3) is 0 Å². The Labute approximate surface area is 55.4 Å². The number of halogens is 3. The lowest BCUT2D eigenvalue weighted by Gasteiger charge is -2.10. The van der Waals surface area contributed by atoms with Crippen LogP contribution in [-0.2, 0) is 4.79 Å². The minimum absolute atomic E-state index is 0.262. The number of alkyl halides is 3. The molecule has 1 atom stereocenters. The summed E-state index contributed by atoms with van der Waals surface area (Å²) < 4.78 is 35.2. The van der Waals surface area contributed by atoms with Crippen molar-refractivity contribution in [2.75, 3.05) is 6.54 Å². The summed E-state index contributed by atoms with van der Waals surface area (Å²) in [7, 11) is 0. The van der Waals surface area contributed by atoms with Crippen molar-refractivity contribution in [2.24, 2.45) is 5.92 Å². The van der Waals surface area contributed by atoms with Crippen LogP contribution in [0.15, 0.2) is 0 Å². The Morgan fingerprint density at radius 3 is 2.30 bits per heavy atom. The molecule has 1 aliphatic rings. The zero-order valence-corrected chi connectivity index (χ0v) is 5.03. The molecule has 0 bridgehead atoms. The van der Waals surface area contributed by atoms with Gasteiger partial charge in [0.25, 0.3) is 0 Å². The monoisotopic (exact) mass is 153 g/mol. The number of carbonyl (C=O) groups is 1. The maximum absolute atomic E-state index is 11.7. The first-order chi connectivity index (χ1) is 4.50. The van der Waals surface area contributed by atoms with Crippen molar-refractivity contribution in [3.05, 3.63) is 0 Å². The lowest BCUT2D eigenvalue weighted by Crippen LogP contribution is -2.24. The molecular formula is C5H6F3NO. The van der Waals surface area contributed by atoms with Gasteiger partial charge in [0.15, 0.2) is 0 Å². The number of hydrogen-bond donors (Lipinski definition) is 1. The van der Waals surface area contributed by atoms with E-state index in [2.05, 4.69) is 5.32 Å². The largest absolute Gasteiger partial charge is 0.393 e. The Kier molecular flexibility index (Phi) is 1.58. The van der Waals surface area contributed by atoms with Crippen LogP contribution in [0, 0.1) is 5.92 Å². The van der Waals surface area contributed by atoms with Gasteiger partial charge in [0.2, 0.25) is 5.91 Å². The molecule has 0 spiro atoms. The van der Waals surface area contributed by atoms with Crippen LogP contribution in [0.2, 0.25) is 0 Å². The molecule has 1 rings (SSSR count). The van der Waals surface area contributed by atoms with E-state index in [4.69, 9.17) is 0 Å². The molecule has 1 N–H and O–H groups in total. The Hall–Kier alpha value is -0.740. The maximum Gasteiger partial charge on any atom is 0.393 e. The lowest BCUT2D eigenvalue weighted by atomic mass is 10.1. The van der Waals surface area contributed by atoms with Crippen molar-refractivity contribution >= 4 is 5.91 Å². The van der Waals surface area contributed by atoms with Gasteiger partial charge in [-0.25, -0.2) is 0 Å². The molecule has 58 valence electrons. The maximum atomic E-state index is 11.7. The molecule has 1 heterocycles. The fourth-order valence-electron chi connectivity index (χ4n) is 0.837. The third-order valence-electron chi connectivity index (χ3n) is 1.44. The minimum atomic E-state index is -4.22. The van der Waals surface area contributed by atoms with Gasteiger partial charge in [-0.05, 0) is 0 Å². The minimum Gasteiger partial charge on any atom is -0.355 e. The van der Waals surface area contributed by atoms with Gasteiger partial charge in [-0.2, -0.15) is 13.2 Å². The van der Waals surface area contributed by atoms with Gasteiger partial charge < -0.3 is 5.32 Å². The fraction of sp³-hybridized carbons (Fsp3) is 0.800. The van der Waals surface area contributed by atoms with Crippen molar-refractivity contribution in [1.29, 1.82) is 0 Å². The molecule has 2 nitrogen and oxygen atoms in total. The fourth-order valence-corrected chi connectivity index (χ4v) is 0.837. The van der Waals surface area contributed by atoms with Crippen LogP contribution < -0.4 is 5.32 Å². The average Bonchev–Trinajstić information content (AvgIpc) is 2.11. The van der Waals surface area contributed by atoms with Crippen molar-refractivity contribution in [3.63, 3.8) is 0 Å². The first kappa shape index (κ1) is 7.37. The molecule has 1 saturated heterocycles. The second-order valence-electron chi connectivity index (χ2n) is 2.25. The number of carbonyl (C=O) groups excluding carboxylic acids is 1. The van der Waals surface area contributed by atoms with Gasteiger partial charge >= 0.3 is 6.18 Å². The molecule has 0 aromatic rings. The van der Waals surface area contributed by atoms with Crippen LogP contribution in [-0.4, -0.2) is 18.6 Å². The van der Waals surface area contributed by atoms with Crippen molar-refractivity contribution < 1.29 is 18.0 Å². The molecule has 0 aromatic heterocycles. The molecule has 5 heteroatoms. The lowest BCUT2D eigenvalue weighted by molar-refractivity contribution is -0.169. The van der Waals surface area contributed by atoms with Crippen LogP contribution in [0.1, 0.15) is 6.42 Å². The number of nitrogens with one attached hydrogen (secondary N) is 1. The summed E-state index contributed by atoms with van der Waals surface area (Å²) in [6.07, 6.45) is -4.64. The third-order valence-corrected chi connectivity index (χ3v) is 1.44. The number of rotatable bonds is 0. The summed E-state index contributed by atoms with van der Waals surface area (Å²) in [5.74, 6) is -1.98. The Bertz CT molecular complexity index is 153. The van der Waals surface area contributed by atoms with Crippen molar-refractivity contribution in [1.82, 2.24) is 5.32 Å². The highest BCUT2D eigenvalue weighted by Crippen LogP contribution is 2.30. The SMILES string of the molecule is O=C1CC(C(F)(F)F)CN1. The van der Waals surface area contributed by atoms with Gasteiger partial charge in [-0.1, -0.05) is 0 Å². The molecular weight excluding hydrogens is 147 g/mol. The third kappa shape index (κ3) is 1.40. The van der Waals surface area contributed by atoms with E-state index in [1.54, 1.807) is 0 Å². The molecule has 0 saturated carbocycles. The molecule has 1 unspecified atom stereocenters. The van der Waals surface area contributed by atoms with E-state index in [0.717, 1.165) is 0 Å². The molecule has 1 aliphatic heterocycles. The number of hydrogen-bond acceptors (Lipinski definition) is 1. The number of amides is 1. The Morgan fingerprint density at radius 2 is 2.10 bits per heavy atom. The predicted molar refractivity (Wildman–Crippen MR) is 27.2 cm³/mol. The van der Waals surface area contributed by atoms with Gasteiger partial charge in [0.1, 0.15) is 0 Å². The van der Waals surface area contributed by atoms with E-state index in [1.165, 1.54) is 0 Å². The zero-order chi connectivity index (χ0) is 7.78. The van der Waals surface area contributed by atoms with E-state index >= 15 is 0 Å². The molecule has 1 amide bonds. The van der Waals surface area contributed by atoms with E-state index in [9.17, 15) is 18.0 Å². The predicted octanol–water partition coefficient (Wildman–Crippen LogP) is 0.685. The van der Waals surface area contributed by atoms with Crippen molar-refractivity contribution in [2.45, 2.75) is 12.6 Å². The first-order valence-corrected chi connectivity index (χ1v) is 2.83. The van der Waals surface area contributed by atoms with Gasteiger partial charge in [0, 0.05) is 13.0 Å². The highest BCUT2D eigenvalue weighted by molar-refractivity contribution is 5.78. The van der Waals surface area contributed by atoms with Crippen LogP contribution in [0.3, 0.4) is 0 Å². The quantitative estimate of drug-likeness (QED) is 0.544. The van der Waals surface area contributed by atoms with Gasteiger partial charge in [-0.15, -0.1) is 0 Å². The zero-order valence-electron chi connectivity index (χ0n) is 5.03. The summed E-state index contributed by atoms with van der Waals surface area (Å²) in [5.41, 5.74) is 0. The van der Waals surface area contributed by atoms with E-state index in [1.807, 2.05) is 0 Å². The topological polar surface area (TPSA) is 29.1 Å². The second kappa shape index (κ2) is 2.14. The molecule has 1 fully saturated rings. The molecule has 10 heavy (non-hydrogen) atoms. The van der Waals surface area contributed by atoms with Gasteiger partial charge in [-0.3, -0.25) is 4.79 Å². The Morgan fingerprint density at radius 1 is 1.50 bits per heavy atom. The smallest absolute Gasteiger partial charge is 0.355 e. The summed E-state index contributed by atoms with van der Waals surface area (Å²) in [4.78, 5) is 10.3. The van der Waals surface area contributed by atoms with E-state index < -0.39 is 24.4 Å². The molecule has 0 aromatic carbocycles. The normalized spacial score (nSPS) is 26.7. The van der Waals surface area contributed by atoms with Crippen LogP contribution in [0.4, 0.5) is 13.2 Å². The second-order valence-corrected chi connectivity index (χ2v) is 2.25. The summed E-state index contributed by atoms with van der Waals surface area (Å²) in [6.45, 7) is -0.262. The standard InChI is InChI=1S/C5H6F3NO/c6-5(7,8)3-1-4(10)9-2-3/h3H,1-2H2,(H,9,10). The summed E-state index contributed by atoms with van der Waals surface area (Å²) in [5, 5.41) is 2.12. The van der Waals surface area contributed by atoms with Crippen LogP contribution in [0.5, 0.6) is 0 Å². The van der Waals surface area contributed by atoms with Crippen molar-refractivity contribution in [3.8, 4) is 0 Å². The highest BCUT2D eigenvalue weighted by Gasteiger charge is 2.43. The summed E-state index contributed by atoms with van der Waals surface area (Å²) in [6, 6.07) is 0. The summed E-state index contributed by atoms with van der Waals surface area (Å²) >= 11 is 0. The van der Waals surface area contributed by atoms with E-state index in [-0.39, 0.29) is 6.54 Å². The average molecular weight is 153 g/mol. The molecule has 0 aliphatic carbocycles. The first-order valence-electron chi connectivity index (χ1n) is 2.83. The van der Waals surface area contributed by atoms with Crippen LogP contribution >= 0.6 is 0 Å². The highest BCUT2D eigenvalue weighted by atomic mass is 19.4. The Balaban J connectivity index is 2.53. The molecule has 0 radical (unpaired) electrons. The van der Waals surface area contributed by atoms with Gasteiger partial charge in [0.05, 0.1) is 5.92 Å². The van der Waals surface area contributed by atoms with E-state index in [0.29, 0.717) is 0 Å².